The van der Waals surface area contributed by atoms with E-state index in [1.807, 2.05) is 49.4 Å². The summed E-state index contributed by atoms with van der Waals surface area (Å²) < 4.78 is 11.9. The first kappa shape index (κ1) is 25.8. The number of amides is 1. The number of carbonyl (C=O) groups excluding carboxylic acids is 1. The van der Waals surface area contributed by atoms with Crippen molar-refractivity contribution >= 4 is 23.6 Å². The molecule has 3 aromatic carbocycles. The lowest BCUT2D eigenvalue weighted by Crippen LogP contribution is -2.14. The summed E-state index contributed by atoms with van der Waals surface area (Å²) in [4.78, 5) is 23.9. The summed E-state index contributed by atoms with van der Waals surface area (Å²) in [6.45, 7) is 6.42. The van der Waals surface area contributed by atoms with Gasteiger partial charge in [-0.2, -0.15) is 5.26 Å². The molecule has 7 nitrogen and oxygen atoms in total. The SMILES string of the molecule is C=CCc1cc(C=C(C#N)C(=O)Nc2cccc(C(=O)O)c2)cc(OCC)c1OCc1ccccc1. The van der Waals surface area contributed by atoms with Crippen molar-refractivity contribution in [1.82, 2.24) is 0 Å². The van der Waals surface area contributed by atoms with Crippen LogP contribution in [0.5, 0.6) is 11.5 Å². The van der Waals surface area contributed by atoms with Gasteiger partial charge in [0, 0.05) is 11.3 Å². The standard InChI is InChI=1S/C29H26N2O5/c1-3-9-22-14-21(16-26(35-4-2)27(22)36-19-20-10-6-5-7-11-20)15-24(18-30)28(32)31-25-13-8-12-23(17-25)29(33)34/h3,5-8,10-17H,1,4,9,19H2,2H3,(H,31,32)(H,33,34). The van der Waals surface area contributed by atoms with Gasteiger partial charge in [-0.3, -0.25) is 4.79 Å². The molecule has 0 atom stereocenters. The minimum absolute atomic E-state index is 0.0248. The maximum Gasteiger partial charge on any atom is 0.335 e. The van der Waals surface area contributed by atoms with Gasteiger partial charge in [-0.1, -0.05) is 42.5 Å². The van der Waals surface area contributed by atoms with Crippen LogP contribution < -0.4 is 14.8 Å². The van der Waals surface area contributed by atoms with Crippen molar-refractivity contribution in [2.24, 2.45) is 0 Å². The summed E-state index contributed by atoms with van der Waals surface area (Å²) in [7, 11) is 0. The maximum atomic E-state index is 12.8. The van der Waals surface area contributed by atoms with E-state index in [-0.39, 0.29) is 16.8 Å². The van der Waals surface area contributed by atoms with Crippen molar-refractivity contribution in [2.75, 3.05) is 11.9 Å². The zero-order chi connectivity index (χ0) is 25.9. The Morgan fingerprint density at radius 1 is 1.08 bits per heavy atom. The Bertz CT molecular complexity index is 1320. The van der Waals surface area contributed by atoms with Crippen molar-refractivity contribution < 1.29 is 24.2 Å². The molecule has 0 unspecified atom stereocenters. The Morgan fingerprint density at radius 2 is 1.86 bits per heavy atom. The second kappa shape index (κ2) is 12.6. The highest BCUT2D eigenvalue weighted by atomic mass is 16.5. The van der Waals surface area contributed by atoms with Gasteiger partial charge in [0.05, 0.1) is 12.2 Å². The quantitative estimate of drug-likeness (QED) is 0.208. The summed E-state index contributed by atoms with van der Waals surface area (Å²) in [6, 6.07) is 21.0. The van der Waals surface area contributed by atoms with Gasteiger partial charge in [-0.25, -0.2) is 4.79 Å². The number of nitrogens with one attached hydrogen (secondary N) is 1. The second-order valence-electron chi connectivity index (χ2n) is 7.72. The number of carboxylic acid groups (broad SMARTS) is 1. The van der Waals surface area contributed by atoms with Crippen molar-refractivity contribution in [2.45, 2.75) is 20.0 Å². The van der Waals surface area contributed by atoms with Crippen LogP contribution in [0, 0.1) is 11.3 Å². The first-order chi connectivity index (χ1) is 17.4. The van der Waals surface area contributed by atoms with Crippen LogP contribution in [0.25, 0.3) is 6.08 Å². The van der Waals surface area contributed by atoms with E-state index in [1.165, 1.54) is 24.3 Å². The van der Waals surface area contributed by atoms with Crippen LogP contribution in [-0.4, -0.2) is 23.6 Å². The smallest absolute Gasteiger partial charge is 0.335 e. The molecule has 0 spiro atoms. The number of ether oxygens (including phenoxy) is 2. The van der Waals surface area contributed by atoms with Crippen molar-refractivity contribution in [3.05, 3.63) is 107 Å². The number of aromatic carboxylic acids is 1. The molecule has 0 heterocycles. The van der Waals surface area contributed by atoms with Gasteiger partial charge in [0.15, 0.2) is 11.5 Å². The minimum atomic E-state index is -1.12. The lowest BCUT2D eigenvalue weighted by molar-refractivity contribution is -0.112. The Labute approximate surface area is 209 Å². The highest BCUT2D eigenvalue weighted by molar-refractivity contribution is 6.10. The fraction of sp³-hybridized carbons (Fsp3) is 0.138. The first-order valence-electron chi connectivity index (χ1n) is 11.3. The van der Waals surface area contributed by atoms with Crippen LogP contribution in [0.2, 0.25) is 0 Å². The van der Waals surface area contributed by atoms with Gasteiger partial charge in [0.1, 0.15) is 18.2 Å². The topological polar surface area (TPSA) is 109 Å². The molecule has 36 heavy (non-hydrogen) atoms. The molecule has 0 aliphatic rings. The molecule has 0 fully saturated rings. The Kier molecular flexibility index (Phi) is 9.01. The molecule has 3 rings (SSSR count). The molecule has 0 bridgehead atoms. The average molecular weight is 483 g/mol. The number of hydrogen-bond donors (Lipinski definition) is 2. The lowest BCUT2D eigenvalue weighted by Gasteiger charge is -2.17. The number of benzene rings is 3. The summed E-state index contributed by atoms with van der Waals surface area (Å²) in [5, 5.41) is 21.4. The number of carbonyl (C=O) groups is 2. The van der Waals surface area contributed by atoms with E-state index in [0.29, 0.717) is 36.7 Å². The largest absolute Gasteiger partial charge is 0.490 e. The van der Waals surface area contributed by atoms with Crippen LogP contribution in [0.15, 0.2) is 85.0 Å². The Balaban J connectivity index is 1.92. The predicted molar refractivity (Wildman–Crippen MR) is 138 cm³/mol. The third kappa shape index (κ3) is 6.84. The summed E-state index contributed by atoms with van der Waals surface area (Å²) >= 11 is 0. The highest BCUT2D eigenvalue weighted by Crippen LogP contribution is 2.35. The van der Waals surface area contributed by atoms with Crippen molar-refractivity contribution in [1.29, 1.82) is 5.26 Å². The van der Waals surface area contributed by atoms with E-state index in [0.717, 1.165) is 11.1 Å². The predicted octanol–water partition coefficient (Wildman–Crippen LogP) is 5.64. The summed E-state index contributed by atoms with van der Waals surface area (Å²) in [6.07, 6.45) is 3.68. The number of nitriles is 1. The molecule has 0 saturated carbocycles. The van der Waals surface area contributed by atoms with E-state index < -0.39 is 11.9 Å². The first-order valence-corrected chi connectivity index (χ1v) is 11.3. The van der Waals surface area contributed by atoms with Crippen LogP contribution in [-0.2, 0) is 17.8 Å². The normalized spacial score (nSPS) is 10.7. The van der Waals surface area contributed by atoms with Gasteiger partial charge >= 0.3 is 5.97 Å². The maximum absolute atomic E-state index is 12.8. The zero-order valence-corrected chi connectivity index (χ0v) is 19.9. The summed E-state index contributed by atoms with van der Waals surface area (Å²) in [5.74, 6) is -0.709. The van der Waals surface area contributed by atoms with E-state index in [2.05, 4.69) is 11.9 Å². The monoisotopic (exact) mass is 482 g/mol. The average Bonchev–Trinajstić information content (AvgIpc) is 2.88. The van der Waals surface area contributed by atoms with Crippen LogP contribution in [0.4, 0.5) is 5.69 Å². The van der Waals surface area contributed by atoms with E-state index in [9.17, 15) is 14.9 Å². The third-order valence-electron chi connectivity index (χ3n) is 5.09. The minimum Gasteiger partial charge on any atom is -0.490 e. The molecule has 7 heteroatoms. The molecular weight excluding hydrogens is 456 g/mol. The van der Waals surface area contributed by atoms with E-state index in [4.69, 9.17) is 14.6 Å². The third-order valence-corrected chi connectivity index (χ3v) is 5.09. The number of anilines is 1. The second-order valence-corrected chi connectivity index (χ2v) is 7.72. The fourth-order valence-corrected chi connectivity index (χ4v) is 3.47. The molecule has 182 valence electrons. The van der Waals surface area contributed by atoms with Crippen molar-refractivity contribution in [3.63, 3.8) is 0 Å². The highest BCUT2D eigenvalue weighted by Gasteiger charge is 2.16. The zero-order valence-electron chi connectivity index (χ0n) is 19.9. The lowest BCUT2D eigenvalue weighted by atomic mass is 10.0. The number of carboxylic acids is 1. The molecule has 0 aliphatic carbocycles. The van der Waals surface area contributed by atoms with Gasteiger partial charge in [0.25, 0.3) is 5.91 Å². The van der Waals surface area contributed by atoms with Gasteiger partial charge in [-0.15, -0.1) is 6.58 Å². The summed E-state index contributed by atoms with van der Waals surface area (Å²) in [5.41, 5.74) is 2.52. The number of rotatable bonds is 11. The number of allylic oxidation sites excluding steroid dienone is 1. The Morgan fingerprint density at radius 3 is 2.53 bits per heavy atom. The van der Waals surface area contributed by atoms with Gasteiger partial charge < -0.3 is 19.9 Å². The van der Waals surface area contributed by atoms with Gasteiger partial charge in [0.2, 0.25) is 0 Å². The number of nitrogens with zero attached hydrogens (tertiary/aromatic N) is 1. The van der Waals surface area contributed by atoms with Crippen LogP contribution in [0.1, 0.15) is 34.0 Å². The molecule has 3 aromatic rings. The Hall–Kier alpha value is -4.83. The molecule has 0 saturated heterocycles. The van der Waals surface area contributed by atoms with Crippen LogP contribution in [0.3, 0.4) is 0 Å². The fourth-order valence-electron chi connectivity index (χ4n) is 3.47. The molecule has 2 N–H and O–H groups in total. The van der Waals surface area contributed by atoms with Crippen molar-refractivity contribution in [3.8, 4) is 17.6 Å². The number of hydrogen-bond acceptors (Lipinski definition) is 5. The van der Waals surface area contributed by atoms with Crippen LogP contribution >= 0.6 is 0 Å². The molecule has 0 radical (unpaired) electrons. The van der Waals surface area contributed by atoms with Gasteiger partial charge in [-0.05, 0) is 60.9 Å². The molecule has 0 aromatic heterocycles. The van der Waals surface area contributed by atoms with E-state index in [1.54, 1.807) is 18.2 Å². The van der Waals surface area contributed by atoms with E-state index >= 15 is 0 Å². The molecule has 0 aliphatic heterocycles. The molecule has 1 amide bonds. The molecular formula is C29H26N2O5.